The van der Waals surface area contributed by atoms with Crippen LogP contribution in [0.5, 0.6) is 0 Å². The summed E-state index contributed by atoms with van der Waals surface area (Å²) in [6.45, 7) is 16.2. The molecule has 1 aliphatic rings. The molecular weight excluding hydrogens is 316 g/mol. The molecule has 1 aromatic rings. The first kappa shape index (κ1) is 19.6. The Hall–Kier alpha value is -0.753. The van der Waals surface area contributed by atoms with Gasteiger partial charge in [-0.05, 0) is 50.0 Å². The second-order valence-electron chi connectivity index (χ2n) is 8.04. The summed E-state index contributed by atoms with van der Waals surface area (Å²) in [6.07, 6.45) is 2.26. The number of morpholine rings is 1. The van der Waals surface area contributed by atoms with Crippen LogP contribution in [-0.2, 0) is 15.6 Å². The minimum absolute atomic E-state index is 0.0662. The highest BCUT2D eigenvalue weighted by molar-refractivity contribution is 6.48. The Labute approximate surface area is 149 Å². The van der Waals surface area contributed by atoms with Crippen molar-refractivity contribution in [1.82, 2.24) is 9.88 Å². The second kappa shape index (κ2) is 9.09. The summed E-state index contributed by atoms with van der Waals surface area (Å²) in [5.74, 6) is 0. The van der Waals surface area contributed by atoms with Crippen LogP contribution in [0, 0.1) is 5.41 Å². The molecule has 24 heavy (non-hydrogen) atoms. The zero-order valence-corrected chi connectivity index (χ0v) is 17.2. The van der Waals surface area contributed by atoms with Crippen LogP contribution < -0.4 is 0 Å². The first-order valence-corrected chi connectivity index (χ1v) is 12.1. The largest absolute Gasteiger partial charge is 0.412 e. The Kier molecular flexibility index (Phi) is 7.41. The average molecular weight is 351 g/mol. The minimum atomic E-state index is -1.11. The zero-order valence-electron chi connectivity index (χ0n) is 16.0. The van der Waals surface area contributed by atoms with Crippen molar-refractivity contribution in [3.05, 3.63) is 29.6 Å². The Bertz CT molecular complexity index is 496. The first-order valence-electron chi connectivity index (χ1n) is 9.27. The molecular formula is C19H34N2O2Si. The lowest BCUT2D eigenvalue weighted by atomic mass is 9.87. The van der Waals surface area contributed by atoms with Crippen LogP contribution in [0.2, 0.25) is 13.1 Å². The number of pyridine rings is 1. The molecule has 1 saturated heterocycles. The Morgan fingerprint density at radius 1 is 1.25 bits per heavy atom. The van der Waals surface area contributed by atoms with Gasteiger partial charge >= 0.3 is 0 Å². The van der Waals surface area contributed by atoms with E-state index in [1.54, 1.807) is 0 Å². The highest BCUT2D eigenvalue weighted by atomic mass is 28.3. The van der Waals surface area contributed by atoms with Crippen molar-refractivity contribution in [3.8, 4) is 0 Å². The molecule has 2 heterocycles. The van der Waals surface area contributed by atoms with Crippen LogP contribution in [0.15, 0.2) is 18.2 Å². The molecule has 1 aliphatic heterocycles. The fraction of sp³-hybridized carbons (Fsp3) is 0.737. The normalized spacial score (nSPS) is 18.1. The molecule has 0 spiro atoms. The molecule has 0 aromatic carbocycles. The fourth-order valence-electron chi connectivity index (χ4n) is 3.08. The van der Waals surface area contributed by atoms with Gasteiger partial charge in [0, 0.05) is 18.8 Å². The SMILES string of the molecule is C[SiH](C)OC(c1cccc(CCCN2CCOCC2)n1)C(C)(C)C. The van der Waals surface area contributed by atoms with E-state index in [1.807, 2.05) is 0 Å². The predicted octanol–water partition coefficient (Wildman–Crippen LogP) is 3.43. The maximum Gasteiger partial charge on any atom is 0.171 e. The van der Waals surface area contributed by atoms with E-state index in [9.17, 15) is 0 Å². The van der Waals surface area contributed by atoms with Crippen molar-refractivity contribution in [2.75, 3.05) is 32.8 Å². The predicted molar refractivity (Wildman–Crippen MR) is 102 cm³/mol. The highest BCUT2D eigenvalue weighted by Crippen LogP contribution is 2.35. The van der Waals surface area contributed by atoms with Crippen molar-refractivity contribution in [3.63, 3.8) is 0 Å². The summed E-state index contributed by atoms with van der Waals surface area (Å²) in [6, 6.07) is 6.41. The smallest absolute Gasteiger partial charge is 0.171 e. The van der Waals surface area contributed by atoms with Crippen molar-refractivity contribution in [2.45, 2.75) is 52.8 Å². The standard InChI is InChI=1S/C19H34N2O2Si/c1-19(2,3)18(23-24(4)5)17-10-6-8-16(20-17)9-7-11-21-12-14-22-15-13-21/h6,8,10,18,24H,7,9,11-15H2,1-5H3. The summed E-state index contributed by atoms with van der Waals surface area (Å²) in [5.41, 5.74) is 2.34. The molecule has 5 heteroatoms. The zero-order chi connectivity index (χ0) is 17.6. The summed E-state index contributed by atoms with van der Waals surface area (Å²) in [7, 11) is -1.11. The van der Waals surface area contributed by atoms with Crippen molar-refractivity contribution in [1.29, 1.82) is 0 Å². The summed E-state index contributed by atoms with van der Waals surface area (Å²) in [4.78, 5) is 7.41. The third-order valence-corrected chi connectivity index (χ3v) is 5.12. The minimum Gasteiger partial charge on any atom is -0.412 e. The molecule has 0 aliphatic carbocycles. The molecule has 0 N–H and O–H groups in total. The Morgan fingerprint density at radius 3 is 2.58 bits per heavy atom. The van der Waals surface area contributed by atoms with Crippen molar-refractivity contribution < 1.29 is 9.16 Å². The number of nitrogens with zero attached hydrogens (tertiary/aromatic N) is 2. The molecule has 1 atom stereocenters. The van der Waals surface area contributed by atoms with Gasteiger partial charge in [-0.1, -0.05) is 26.8 Å². The van der Waals surface area contributed by atoms with Gasteiger partial charge in [-0.15, -0.1) is 0 Å². The molecule has 0 amide bonds. The van der Waals surface area contributed by atoms with E-state index in [2.05, 4.69) is 57.0 Å². The molecule has 1 fully saturated rings. The average Bonchev–Trinajstić information content (AvgIpc) is 2.53. The molecule has 2 rings (SSSR count). The van der Waals surface area contributed by atoms with Gasteiger partial charge in [0.25, 0.3) is 0 Å². The quantitative estimate of drug-likeness (QED) is 0.706. The molecule has 0 radical (unpaired) electrons. The van der Waals surface area contributed by atoms with Gasteiger partial charge in [-0.25, -0.2) is 0 Å². The Balaban J connectivity index is 1.96. The molecule has 0 saturated carbocycles. The molecule has 1 unspecified atom stereocenters. The van der Waals surface area contributed by atoms with Gasteiger partial charge in [0.2, 0.25) is 0 Å². The number of ether oxygens (including phenoxy) is 1. The van der Waals surface area contributed by atoms with Crippen LogP contribution in [0.4, 0.5) is 0 Å². The van der Waals surface area contributed by atoms with Gasteiger partial charge in [0.1, 0.15) is 0 Å². The summed E-state index contributed by atoms with van der Waals surface area (Å²) in [5, 5.41) is 0. The van der Waals surface area contributed by atoms with E-state index in [0.29, 0.717) is 0 Å². The number of hydrogen-bond donors (Lipinski definition) is 0. The maximum absolute atomic E-state index is 6.31. The lowest BCUT2D eigenvalue weighted by molar-refractivity contribution is 0.0374. The third kappa shape index (κ3) is 6.28. The van der Waals surface area contributed by atoms with Crippen molar-refractivity contribution >= 4 is 9.04 Å². The van der Waals surface area contributed by atoms with E-state index in [-0.39, 0.29) is 11.5 Å². The van der Waals surface area contributed by atoms with Gasteiger partial charge in [0.05, 0.1) is 25.0 Å². The van der Waals surface area contributed by atoms with Crippen LogP contribution >= 0.6 is 0 Å². The van der Waals surface area contributed by atoms with E-state index >= 15 is 0 Å². The van der Waals surface area contributed by atoms with E-state index in [0.717, 1.165) is 51.4 Å². The number of aromatic nitrogens is 1. The fourth-order valence-corrected chi connectivity index (χ4v) is 4.17. The molecule has 0 bridgehead atoms. The van der Waals surface area contributed by atoms with Crippen LogP contribution in [0.25, 0.3) is 0 Å². The lowest BCUT2D eigenvalue weighted by Crippen LogP contribution is -2.37. The number of aryl methyl sites for hydroxylation is 1. The van der Waals surface area contributed by atoms with Crippen molar-refractivity contribution in [2.24, 2.45) is 5.41 Å². The monoisotopic (exact) mass is 350 g/mol. The second-order valence-corrected chi connectivity index (χ2v) is 10.4. The van der Waals surface area contributed by atoms with Gasteiger partial charge < -0.3 is 9.16 Å². The van der Waals surface area contributed by atoms with Gasteiger partial charge in [0.15, 0.2) is 9.04 Å². The van der Waals surface area contributed by atoms with Gasteiger partial charge in [-0.3, -0.25) is 9.88 Å². The van der Waals surface area contributed by atoms with Crippen LogP contribution in [0.3, 0.4) is 0 Å². The highest BCUT2D eigenvalue weighted by Gasteiger charge is 2.29. The van der Waals surface area contributed by atoms with E-state index < -0.39 is 9.04 Å². The van der Waals surface area contributed by atoms with Crippen LogP contribution in [-0.4, -0.2) is 51.8 Å². The molecule has 1 aromatic heterocycles. The van der Waals surface area contributed by atoms with E-state index in [1.165, 1.54) is 5.69 Å². The third-order valence-electron chi connectivity index (χ3n) is 4.30. The summed E-state index contributed by atoms with van der Waals surface area (Å²) >= 11 is 0. The molecule has 136 valence electrons. The molecule has 4 nitrogen and oxygen atoms in total. The number of hydrogen-bond acceptors (Lipinski definition) is 4. The van der Waals surface area contributed by atoms with Gasteiger partial charge in [-0.2, -0.15) is 0 Å². The van der Waals surface area contributed by atoms with E-state index in [4.69, 9.17) is 14.1 Å². The lowest BCUT2D eigenvalue weighted by Gasteiger charge is -2.32. The maximum atomic E-state index is 6.31. The topological polar surface area (TPSA) is 34.6 Å². The Morgan fingerprint density at radius 2 is 1.96 bits per heavy atom. The summed E-state index contributed by atoms with van der Waals surface area (Å²) < 4.78 is 11.7. The first-order chi connectivity index (χ1) is 11.4. The van der Waals surface area contributed by atoms with Crippen LogP contribution in [0.1, 0.15) is 44.7 Å². The number of rotatable bonds is 7.